The number of rotatable bonds is 3. The van der Waals surface area contributed by atoms with E-state index in [-0.39, 0.29) is 23.4 Å². The van der Waals surface area contributed by atoms with Crippen molar-refractivity contribution >= 4 is 17.3 Å². The maximum absolute atomic E-state index is 10.8. The van der Waals surface area contributed by atoms with Crippen LogP contribution in [0.2, 0.25) is 5.02 Å². The van der Waals surface area contributed by atoms with Gasteiger partial charge in [-0.15, -0.1) is 0 Å². The first-order valence-corrected chi connectivity index (χ1v) is 4.35. The molecule has 0 amide bonds. The van der Waals surface area contributed by atoms with Gasteiger partial charge in [0.15, 0.2) is 5.75 Å². The van der Waals surface area contributed by atoms with Gasteiger partial charge < -0.3 is 4.74 Å². The van der Waals surface area contributed by atoms with Crippen LogP contribution in [-0.2, 0) is 6.42 Å². The predicted molar refractivity (Wildman–Crippen MR) is 54.0 cm³/mol. The first-order chi connectivity index (χ1) is 7.10. The van der Waals surface area contributed by atoms with Crippen molar-refractivity contribution in [1.29, 1.82) is 5.26 Å². The van der Waals surface area contributed by atoms with Gasteiger partial charge in [0.2, 0.25) is 0 Å². The Morgan fingerprint density at radius 2 is 2.33 bits per heavy atom. The second-order valence-corrected chi connectivity index (χ2v) is 3.14. The molecule has 6 heteroatoms. The molecule has 0 radical (unpaired) electrons. The van der Waals surface area contributed by atoms with Crippen molar-refractivity contribution in [2.24, 2.45) is 0 Å². The maximum atomic E-state index is 10.8. The Balaban J connectivity index is 3.41. The zero-order valence-electron chi connectivity index (χ0n) is 7.86. The minimum atomic E-state index is -0.582. The van der Waals surface area contributed by atoms with Crippen LogP contribution in [0.5, 0.6) is 5.75 Å². The van der Waals surface area contributed by atoms with Gasteiger partial charge in [0, 0.05) is 16.7 Å². The smallest absolute Gasteiger partial charge is 0.315 e. The third-order valence-electron chi connectivity index (χ3n) is 1.79. The summed E-state index contributed by atoms with van der Waals surface area (Å²) in [6, 6.07) is 4.58. The zero-order valence-corrected chi connectivity index (χ0v) is 8.61. The highest BCUT2D eigenvalue weighted by molar-refractivity contribution is 6.30. The highest BCUT2D eigenvalue weighted by Gasteiger charge is 2.21. The van der Waals surface area contributed by atoms with E-state index in [1.165, 1.54) is 19.2 Å². The monoisotopic (exact) mass is 226 g/mol. The minimum absolute atomic E-state index is 0.0674. The summed E-state index contributed by atoms with van der Waals surface area (Å²) >= 11 is 5.73. The Bertz CT molecular complexity index is 440. The molecule has 5 nitrogen and oxygen atoms in total. The van der Waals surface area contributed by atoms with Gasteiger partial charge in [0.25, 0.3) is 0 Å². The molecule has 0 aliphatic rings. The second-order valence-electron chi connectivity index (χ2n) is 2.71. The fourth-order valence-electron chi connectivity index (χ4n) is 1.21. The third kappa shape index (κ3) is 2.36. The number of hydrogen-bond acceptors (Lipinski definition) is 4. The SMILES string of the molecule is COc1cc(Cl)cc(CC#N)c1[N+](=O)[O-]. The molecule has 78 valence electrons. The quantitative estimate of drug-likeness (QED) is 0.585. The summed E-state index contributed by atoms with van der Waals surface area (Å²) in [4.78, 5) is 10.2. The van der Waals surface area contributed by atoms with E-state index in [1.54, 1.807) is 0 Å². The highest BCUT2D eigenvalue weighted by Crippen LogP contribution is 2.34. The van der Waals surface area contributed by atoms with Crippen molar-refractivity contribution in [1.82, 2.24) is 0 Å². The van der Waals surface area contributed by atoms with E-state index < -0.39 is 4.92 Å². The molecule has 0 aromatic heterocycles. The molecule has 0 bridgehead atoms. The molecule has 0 aliphatic carbocycles. The number of nitriles is 1. The molecule has 0 spiro atoms. The number of nitro groups is 1. The van der Waals surface area contributed by atoms with Gasteiger partial charge in [-0.1, -0.05) is 11.6 Å². The molecular formula is C9H7ClN2O3. The maximum Gasteiger partial charge on any atom is 0.315 e. The summed E-state index contributed by atoms with van der Waals surface area (Å²) in [5.41, 5.74) is 0.0512. The summed E-state index contributed by atoms with van der Waals surface area (Å²) < 4.78 is 4.84. The predicted octanol–water partition coefficient (Wildman–Crippen LogP) is 2.32. The molecular weight excluding hydrogens is 220 g/mol. The Hall–Kier alpha value is -1.80. The lowest BCUT2D eigenvalue weighted by molar-refractivity contribution is -0.386. The van der Waals surface area contributed by atoms with Gasteiger partial charge in [-0.3, -0.25) is 10.1 Å². The summed E-state index contributed by atoms with van der Waals surface area (Å²) in [5.74, 6) is 0.0674. The summed E-state index contributed by atoms with van der Waals surface area (Å²) in [5, 5.41) is 19.6. The van der Waals surface area contributed by atoms with Crippen molar-refractivity contribution in [2.45, 2.75) is 6.42 Å². The van der Waals surface area contributed by atoms with Crippen LogP contribution in [0.3, 0.4) is 0 Å². The lowest BCUT2D eigenvalue weighted by atomic mass is 10.1. The molecule has 1 aromatic carbocycles. The molecule has 15 heavy (non-hydrogen) atoms. The lowest BCUT2D eigenvalue weighted by Gasteiger charge is -2.05. The van der Waals surface area contributed by atoms with E-state index in [0.29, 0.717) is 5.02 Å². The highest BCUT2D eigenvalue weighted by atomic mass is 35.5. The van der Waals surface area contributed by atoms with E-state index in [9.17, 15) is 10.1 Å². The zero-order chi connectivity index (χ0) is 11.4. The van der Waals surface area contributed by atoms with Crippen molar-refractivity contribution in [3.05, 3.63) is 32.8 Å². The van der Waals surface area contributed by atoms with E-state index in [0.717, 1.165) is 0 Å². The molecule has 0 heterocycles. The van der Waals surface area contributed by atoms with E-state index in [4.69, 9.17) is 21.6 Å². The molecule has 1 aromatic rings. The largest absolute Gasteiger partial charge is 0.490 e. The second kappa shape index (κ2) is 4.62. The van der Waals surface area contributed by atoms with Gasteiger partial charge in [0.1, 0.15) is 0 Å². The van der Waals surface area contributed by atoms with Gasteiger partial charge in [0.05, 0.1) is 24.5 Å². The Labute approximate surface area is 91.0 Å². The number of ether oxygens (including phenoxy) is 1. The van der Waals surface area contributed by atoms with Gasteiger partial charge in [-0.05, 0) is 6.07 Å². The van der Waals surface area contributed by atoms with Crippen LogP contribution in [0.4, 0.5) is 5.69 Å². The number of methoxy groups -OCH3 is 1. The summed E-state index contributed by atoms with van der Waals surface area (Å²) in [6.07, 6.45) is -0.0762. The fraction of sp³-hybridized carbons (Fsp3) is 0.222. The summed E-state index contributed by atoms with van der Waals surface area (Å²) in [7, 11) is 1.31. The van der Waals surface area contributed by atoms with Crippen LogP contribution in [0.25, 0.3) is 0 Å². The van der Waals surface area contributed by atoms with Gasteiger partial charge >= 0.3 is 5.69 Å². The average Bonchev–Trinajstić information content (AvgIpc) is 2.16. The minimum Gasteiger partial charge on any atom is -0.490 e. The number of hydrogen-bond donors (Lipinski definition) is 0. The summed E-state index contributed by atoms with van der Waals surface area (Å²) in [6.45, 7) is 0. The lowest BCUT2D eigenvalue weighted by Crippen LogP contribution is -1.98. The van der Waals surface area contributed by atoms with Crippen LogP contribution < -0.4 is 4.74 Å². The van der Waals surface area contributed by atoms with Crippen LogP contribution in [0.1, 0.15) is 5.56 Å². The van der Waals surface area contributed by atoms with Gasteiger partial charge in [-0.2, -0.15) is 5.26 Å². The molecule has 0 N–H and O–H groups in total. The van der Waals surface area contributed by atoms with Crippen LogP contribution in [0, 0.1) is 21.4 Å². The number of nitro benzene ring substituents is 1. The molecule has 0 aliphatic heterocycles. The van der Waals surface area contributed by atoms with Gasteiger partial charge in [-0.25, -0.2) is 0 Å². The molecule has 0 fully saturated rings. The number of nitrogens with zero attached hydrogens (tertiary/aromatic N) is 2. The standard InChI is InChI=1S/C9H7ClN2O3/c1-15-8-5-7(10)4-6(2-3-11)9(8)12(13)14/h4-5H,2H2,1H3. The number of halogens is 1. The topological polar surface area (TPSA) is 76.2 Å². The van der Waals surface area contributed by atoms with E-state index in [2.05, 4.69) is 0 Å². The first-order valence-electron chi connectivity index (χ1n) is 3.98. The Kier molecular flexibility index (Phi) is 3.47. The van der Waals surface area contributed by atoms with Crippen molar-refractivity contribution in [3.8, 4) is 11.8 Å². The van der Waals surface area contributed by atoms with Crippen molar-refractivity contribution in [3.63, 3.8) is 0 Å². The molecule has 0 saturated heterocycles. The Morgan fingerprint density at radius 3 is 2.80 bits per heavy atom. The average molecular weight is 227 g/mol. The van der Waals surface area contributed by atoms with Crippen LogP contribution >= 0.6 is 11.6 Å². The normalized spacial score (nSPS) is 9.40. The Morgan fingerprint density at radius 1 is 1.67 bits per heavy atom. The van der Waals surface area contributed by atoms with Crippen molar-refractivity contribution < 1.29 is 9.66 Å². The van der Waals surface area contributed by atoms with Crippen LogP contribution in [-0.4, -0.2) is 12.0 Å². The van der Waals surface area contributed by atoms with E-state index >= 15 is 0 Å². The van der Waals surface area contributed by atoms with E-state index in [1.807, 2.05) is 6.07 Å². The molecule has 1 rings (SSSR count). The third-order valence-corrected chi connectivity index (χ3v) is 2.01. The molecule has 0 saturated carbocycles. The molecule has 0 unspecified atom stereocenters. The number of benzene rings is 1. The van der Waals surface area contributed by atoms with Crippen LogP contribution in [0.15, 0.2) is 12.1 Å². The first kappa shape index (κ1) is 11.3. The van der Waals surface area contributed by atoms with Crippen molar-refractivity contribution in [2.75, 3.05) is 7.11 Å². The molecule has 0 atom stereocenters. The fourth-order valence-corrected chi connectivity index (χ4v) is 1.44.